The molecule has 0 bridgehead atoms. The van der Waals surface area contributed by atoms with E-state index in [1.54, 1.807) is 10.6 Å². The molecule has 0 amide bonds. The first-order chi connectivity index (χ1) is 13.5. The van der Waals surface area contributed by atoms with Gasteiger partial charge in [-0.1, -0.05) is 38.1 Å². The molecule has 0 radical (unpaired) electrons. The molecule has 0 spiro atoms. The van der Waals surface area contributed by atoms with E-state index < -0.39 is 11.7 Å². The second-order valence-electron chi connectivity index (χ2n) is 7.05. The lowest BCUT2D eigenvalue weighted by Crippen LogP contribution is -2.19. The van der Waals surface area contributed by atoms with Gasteiger partial charge in [0.05, 0.1) is 12.1 Å². The molecular formula is C22H25NO5. The predicted molar refractivity (Wildman–Crippen MR) is 107 cm³/mol. The van der Waals surface area contributed by atoms with Gasteiger partial charge < -0.3 is 13.9 Å². The highest BCUT2D eigenvalue weighted by Crippen LogP contribution is 2.27. The van der Waals surface area contributed by atoms with Crippen molar-refractivity contribution in [1.82, 2.24) is 4.57 Å². The summed E-state index contributed by atoms with van der Waals surface area (Å²) in [5.74, 6) is 0.176. The molecule has 0 saturated heterocycles. The summed E-state index contributed by atoms with van der Waals surface area (Å²) < 4.78 is 17.6. The number of oxazole rings is 1. The third-order valence-corrected chi connectivity index (χ3v) is 4.50. The van der Waals surface area contributed by atoms with Crippen molar-refractivity contribution in [3.63, 3.8) is 0 Å². The molecule has 0 fully saturated rings. The zero-order chi connectivity index (χ0) is 20.1. The third kappa shape index (κ3) is 4.63. The fraction of sp³-hybridized carbons (Fsp3) is 0.364. The Kier molecular flexibility index (Phi) is 6.19. The van der Waals surface area contributed by atoms with Gasteiger partial charge in [0.25, 0.3) is 0 Å². The van der Waals surface area contributed by atoms with E-state index in [-0.39, 0.29) is 13.2 Å². The summed E-state index contributed by atoms with van der Waals surface area (Å²) >= 11 is 0. The van der Waals surface area contributed by atoms with E-state index in [0.717, 1.165) is 16.6 Å². The maximum Gasteiger partial charge on any atom is 0.419 e. The van der Waals surface area contributed by atoms with Gasteiger partial charge in [0.1, 0.15) is 5.75 Å². The van der Waals surface area contributed by atoms with Crippen LogP contribution in [0.4, 0.5) is 0 Å². The first-order valence-corrected chi connectivity index (χ1v) is 9.43. The topological polar surface area (TPSA) is 70.7 Å². The summed E-state index contributed by atoms with van der Waals surface area (Å²) in [6, 6.07) is 13.2. The Morgan fingerprint density at radius 2 is 1.96 bits per heavy atom. The van der Waals surface area contributed by atoms with Gasteiger partial charge in [0, 0.05) is 6.54 Å². The number of hydrogen-bond donors (Lipinski definition) is 0. The van der Waals surface area contributed by atoms with Gasteiger partial charge >= 0.3 is 11.7 Å². The standard InChI is InChI=1S/C22H25NO5/c1-15(2)17-10-9-16(3)13-20(17)27-14-21(24)26-12-6-11-23-18-7-4-5-8-19(18)28-22(23)25/h4-5,7-10,13,15H,6,11-12,14H2,1-3H3. The van der Waals surface area contributed by atoms with Crippen LogP contribution in [-0.4, -0.2) is 23.8 Å². The molecule has 0 saturated carbocycles. The third-order valence-electron chi connectivity index (χ3n) is 4.50. The summed E-state index contributed by atoms with van der Waals surface area (Å²) in [4.78, 5) is 23.9. The van der Waals surface area contributed by atoms with Gasteiger partial charge in [-0.25, -0.2) is 9.59 Å². The SMILES string of the molecule is Cc1ccc(C(C)C)c(OCC(=O)OCCCn2c(=O)oc3ccccc32)c1. The summed E-state index contributed by atoms with van der Waals surface area (Å²) in [6.07, 6.45) is 0.511. The number of rotatable bonds is 8. The number of ether oxygens (including phenoxy) is 2. The van der Waals surface area contributed by atoms with Gasteiger partial charge in [0.2, 0.25) is 0 Å². The number of nitrogens with zero attached hydrogens (tertiary/aromatic N) is 1. The molecule has 0 aliphatic carbocycles. The fourth-order valence-corrected chi connectivity index (χ4v) is 3.06. The number of fused-ring (bicyclic) bond motifs is 1. The van der Waals surface area contributed by atoms with Crippen LogP contribution < -0.4 is 10.5 Å². The zero-order valence-corrected chi connectivity index (χ0v) is 16.4. The zero-order valence-electron chi connectivity index (χ0n) is 16.4. The summed E-state index contributed by atoms with van der Waals surface area (Å²) in [7, 11) is 0. The number of carbonyl (C=O) groups excluding carboxylic acids is 1. The van der Waals surface area contributed by atoms with Crippen molar-refractivity contribution in [1.29, 1.82) is 0 Å². The van der Waals surface area contributed by atoms with Gasteiger partial charge in [-0.15, -0.1) is 0 Å². The monoisotopic (exact) mass is 383 g/mol. The Morgan fingerprint density at radius 3 is 2.75 bits per heavy atom. The van der Waals surface area contributed by atoms with Crippen molar-refractivity contribution in [2.24, 2.45) is 0 Å². The van der Waals surface area contributed by atoms with Crippen molar-refractivity contribution in [3.05, 3.63) is 64.1 Å². The van der Waals surface area contributed by atoms with E-state index in [0.29, 0.717) is 30.2 Å². The summed E-state index contributed by atoms with van der Waals surface area (Å²) in [5, 5.41) is 0. The molecule has 1 aromatic heterocycles. The average Bonchev–Trinajstić information content (AvgIpc) is 2.98. The molecule has 2 aromatic carbocycles. The molecule has 3 rings (SSSR count). The van der Waals surface area contributed by atoms with Crippen LogP contribution in [0.15, 0.2) is 51.7 Å². The Bertz CT molecular complexity index is 1020. The molecular weight excluding hydrogens is 358 g/mol. The van der Waals surface area contributed by atoms with E-state index >= 15 is 0 Å². The van der Waals surface area contributed by atoms with Crippen molar-refractivity contribution < 1.29 is 18.7 Å². The number of esters is 1. The second kappa shape index (κ2) is 8.78. The molecule has 1 heterocycles. The lowest BCUT2D eigenvalue weighted by Gasteiger charge is -2.14. The smallest absolute Gasteiger partial charge is 0.419 e. The highest BCUT2D eigenvalue weighted by molar-refractivity contribution is 5.72. The van der Waals surface area contributed by atoms with Crippen LogP contribution in [0.5, 0.6) is 5.75 Å². The molecule has 0 atom stereocenters. The Hall–Kier alpha value is -3.02. The summed E-state index contributed by atoms with van der Waals surface area (Å²) in [5.41, 5.74) is 3.43. The minimum atomic E-state index is -0.430. The van der Waals surface area contributed by atoms with Gasteiger partial charge in [0.15, 0.2) is 12.2 Å². The number of benzene rings is 2. The number of carbonyl (C=O) groups is 1. The van der Waals surface area contributed by atoms with Crippen molar-refractivity contribution >= 4 is 17.1 Å². The van der Waals surface area contributed by atoms with Crippen LogP contribution in [0.25, 0.3) is 11.1 Å². The first kappa shape index (κ1) is 19.7. The quantitative estimate of drug-likeness (QED) is 0.434. The lowest BCUT2D eigenvalue weighted by molar-refractivity contribution is -0.146. The normalized spacial score (nSPS) is 11.1. The van der Waals surface area contributed by atoms with Gasteiger partial charge in [-0.05, 0) is 48.6 Å². The van der Waals surface area contributed by atoms with Crippen LogP contribution in [0, 0.1) is 6.92 Å². The molecule has 148 valence electrons. The molecule has 0 aliphatic heterocycles. The minimum Gasteiger partial charge on any atom is -0.482 e. The molecule has 0 unspecified atom stereocenters. The summed E-state index contributed by atoms with van der Waals surface area (Å²) in [6.45, 7) is 6.63. The van der Waals surface area contributed by atoms with E-state index in [9.17, 15) is 9.59 Å². The van der Waals surface area contributed by atoms with E-state index in [1.807, 2.05) is 43.3 Å². The molecule has 0 aliphatic rings. The Morgan fingerprint density at radius 1 is 1.18 bits per heavy atom. The highest BCUT2D eigenvalue weighted by atomic mass is 16.6. The minimum absolute atomic E-state index is 0.141. The number of hydrogen-bond acceptors (Lipinski definition) is 5. The van der Waals surface area contributed by atoms with Crippen LogP contribution >= 0.6 is 0 Å². The maximum atomic E-state index is 12.0. The van der Waals surface area contributed by atoms with Gasteiger partial charge in [-0.2, -0.15) is 0 Å². The van der Waals surface area contributed by atoms with Crippen molar-refractivity contribution in [3.8, 4) is 5.75 Å². The molecule has 3 aromatic rings. The largest absolute Gasteiger partial charge is 0.482 e. The Balaban J connectivity index is 1.48. The average molecular weight is 383 g/mol. The molecule has 6 nitrogen and oxygen atoms in total. The molecule has 28 heavy (non-hydrogen) atoms. The van der Waals surface area contributed by atoms with Gasteiger partial charge in [-0.3, -0.25) is 4.57 Å². The number of para-hydroxylation sites is 2. The molecule has 6 heteroatoms. The molecule has 0 N–H and O–H groups in total. The van der Waals surface area contributed by atoms with Crippen LogP contribution in [0.2, 0.25) is 0 Å². The fourth-order valence-electron chi connectivity index (χ4n) is 3.06. The van der Waals surface area contributed by atoms with E-state index in [4.69, 9.17) is 13.9 Å². The predicted octanol–water partition coefficient (Wildman–Crippen LogP) is 4.04. The van der Waals surface area contributed by atoms with Crippen LogP contribution in [0.1, 0.15) is 37.3 Å². The van der Waals surface area contributed by atoms with Crippen molar-refractivity contribution in [2.45, 2.75) is 39.7 Å². The van der Waals surface area contributed by atoms with Crippen LogP contribution in [-0.2, 0) is 16.1 Å². The van der Waals surface area contributed by atoms with Crippen LogP contribution in [0.3, 0.4) is 0 Å². The highest BCUT2D eigenvalue weighted by Gasteiger charge is 2.12. The first-order valence-electron chi connectivity index (χ1n) is 9.43. The number of aromatic nitrogens is 1. The number of aryl methyl sites for hydroxylation is 2. The van der Waals surface area contributed by atoms with Crippen molar-refractivity contribution in [2.75, 3.05) is 13.2 Å². The Labute approximate surface area is 163 Å². The van der Waals surface area contributed by atoms with E-state index in [2.05, 4.69) is 13.8 Å². The van der Waals surface area contributed by atoms with E-state index in [1.165, 1.54) is 0 Å². The second-order valence-corrected chi connectivity index (χ2v) is 7.05. The maximum absolute atomic E-state index is 12.0. The lowest BCUT2D eigenvalue weighted by atomic mass is 10.0.